The number of urea groups is 1. The fourth-order valence-corrected chi connectivity index (χ4v) is 0.749. The topological polar surface area (TPSA) is 67.8 Å². The standard InChI is InChI=1S/C6H8N2O3/c1-11-5(9)4-2-7-6(10)8-3-4/h2,4H,3H2,1H3,(H,8,10). The van der Waals surface area contributed by atoms with E-state index in [1.807, 2.05) is 0 Å². The molecule has 0 radical (unpaired) electrons. The molecule has 1 N–H and O–H groups in total. The summed E-state index contributed by atoms with van der Waals surface area (Å²) in [5.74, 6) is -0.813. The molecule has 1 atom stereocenters. The van der Waals surface area contributed by atoms with Crippen LogP contribution >= 0.6 is 0 Å². The molecule has 0 fully saturated rings. The molecule has 0 spiro atoms. The molecule has 60 valence electrons. The molecule has 0 aromatic carbocycles. The van der Waals surface area contributed by atoms with E-state index in [4.69, 9.17) is 0 Å². The molecule has 5 nitrogen and oxygen atoms in total. The quantitative estimate of drug-likeness (QED) is 0.524. The van der Waals surface area contributed by atoms with Gasteiger partial charge in [-0.2, -0.15) is 0 Å². The Labute approximate surface area is 63.4 Å². The second kappa shape index (κ2) is 3.14. The van der Waals surface area contributed by atoms with Crippen molar-refractivity contribution in [2.24, 2.45) is 10.9 Å². The summed E-state index contributed by atoms with van der Waals surface area (Å²) in [5.41, 5.74) is 0. The number of esters is 1. The molecule has 2 amide bonds. The van der Waals surface area contributed by atoms with Crippen LogP contribution in [-0.2, 0) is 9.53 Å². The van der Waals surface area contributed by atoms with Crippen molar-refractivity contribution in [2.45, 2.75) is 0 Å². The zero-order valence-electron chi connectivity index (χ0n) is 6.03. The highest BCUT2D eigenvalue weighted by molar-refractivity contribution is 5.97. The van der Waals surface area contributed by atoms with Crippen molar-refractivity contribution < 1.29 is 14.3 Å². The number of hydrogen-bond acceptors (Lipinski definition) is 3. The highest BCUT2D eigenvalue weighted by atomic mass is 16.5. The van der Waals surface area contributed by atoms with E-state index in [0.717, 1.165) is 0 Å². The van der Waals surface area contributed by atoms with Crippen molar-refractivity contribution in [3.63, 3.8) is 0 Å². The van der Waals surface area contributed by atoms with Gasteiger partial charge in [0.25, 0.3) is 0 Å². The summed E-state index contributed by atoms with van der Waals surface area (Å²) < 4.78 is 4.44. The first-order valence-electron chi connectivity index (χ1n) is 3.14. The van der Waals surface area contributed by atoms with Crippen molar-refractivity contribution in [3.05, 3.63) is 0 Å². The molecule has 1 aliphatic rings. The van der Waals surface area contributed by atoms with Gasteiger partial charge in [-0.1, -0.05) is 0 Å². The molecule has 0 saturated heterocycles. The Bertz CT molecular complexity index is 212. The van der Waals surface area contributed by atoms with Crippen molar-refractivity contribution >= 4 is 18.2 Å². The van der Waals surface area contributed by atoms with E-state index in [9.17, 15) is 9.59 Å². The maximum Gasteiger partial charge on any atom is 0.340 e. The van der Waals surface area contributed by atoms with Gasteiger partial charge < -0.3 is 10.1 Å². The van der Waals surface area contributed by atoms with Gasteiger partial charge in [-0.15, -0.1) is 0 Å². The van der Waals surface area contributed by atoms with Crippen LogP contribution < -0.4 is 5.32 Å². The van der Waals surface area contributed by atoms with Crippen LogP contribution in [0.3, 0.4) is 0 Å². The van der Waals surface area contributed by atoms with E-state index in [2.05, 4.69) is 15.0 Å². The molecule has 0 aromatic rings. The van der Waals surface area contributed by atoms with Crippen molar-refractivity contribution in [1.29, 1.82) is 0 Å². The molecule has 11 heavy (non-hydrogen) atoms. The Morgan fingerprint density at radius 2 is 2.64 bits per heavy atom. The lowest BCUT2D eigenvalue weighted by Gasteiger charge is -2.13. The number of nitrogens with one attached hydrogen (secondary N) is 1. The van der Waals surface area contributed by atoms with Gasteiger partial charge in [0.1, 0.15) is 5.92 Å². The number of hydrogen-bond donors (Lipinski definition) is 1. The molecule has 1 heterocycles. The molecule has 0 saturated carbocycles. The van der Waals surface area contributed by atoms with Gasteiger partial charge in [-0.25, -0.2) is 9.79 Å². The summed E-state index contributed by atoms with van der Waals surface area (Å²) in [5, 5.41) is 2.41. The van der Waals surface area contributed by atoms with Crippen LogP contribution in [0.1, 0.15) is 0 Å². The number of aliphatic imine (C=N–C) groups is 1. The first-order valence-corrected chi connectivity index (χ1v) is 3.14. The Balaban J connectivity index is 2.57. The third-order valence-corrected chi connectivity index (χ3v) is 1.35. The van der Waals surface area contributed by atoms with E-state index < -0.39 is 11.9 Å². The molecular formula is C6H8N2O3. The normalized spacial score (nSPS) is 22.6. The Kier molecular flexibility index (Phi) is 2.20. The lowest BCUT2D eigenvalue weighted by atomic mass is 10.1. The summed E-state index contributed by atoms with van der Waals surface area (Å²) in [6.45, 7) is 0.273. The number of methoxy groups -OCH3 is 1. The molecule has 1 unspecified atom stereocenters. The minimum atomic E-state index is -0.433. The molecule has 0 bridgehead atoms. The lowest BCUT2D eigenvalue weighted by Crippen LogP contribution is -2.37. The van der Waals surface area contributed by atoms with Crippen molar-refractivity contribution in [1.82, 2.24) is 5.32 Å². The number of ether oxygens (including phenoxy) is 1. The Morgan fingerprint density at radius 1 is 1.91 bits per heavy atom. The minimum absolute atomic E-state index is 0.273. The first kappa shape index (κ1) is 7.71. The van der Waals surface area contributed by atoms with Crippen molar-refractivity contribution in [3.8, 4) is 0 Å². The summed E-state index contributed by atoms with van der Waals surface area (Å²) in [6.07, 6.45) is 1.30. The maximum atomic E-state index is 10.8. The summed E-state index contributed by atoms with van der Waals surface area (Å²) in [6, 6.07) is -0.412. The predicted molar refractivity (Wildman–Crippen MR) is 37.4 cm³/mol. The van der Waals surface area contributed by atoms with Gasteiger partial charge in [0, 0.05) is 12.8 Å². The smallest absolute Gasteiger partial charge is 0.340 e. The fourth-order valence-electron chi connectivity index (χ4n) is 0.749. The number of carbonyl (C=O) groups excluding carboxylic acids is 2. The molecule has 0 aromatic heterocycles. The zero-order chi connectivity index (χ0) is 8.27. The minimum Gasteiger partial charge on any atom is -0.468 e. The second-order valence-corrected chi connectivity index (χ2v) is 2.09. The number of carbonyl (C=O) groups is 2. The molecule has 1 aliphatic heterocycles. The summed E-state index contributed by atoms with van der Waals surface area (Å²) in [7, 11) is 1.30. The van der Waals surface area contributed by atoms with Crippen LogP contribution in [0.25, 0.3) is 0 Å². The molecular weight excluding hydrogens is 148 g/mol. The first-order chi connectivity index (χ1) is 5.24. The Morgan fingerprint density at radius 3 is 3.09 bits per heavy atom. The van der Waals surface area contributed by atoms with E-state index in [1.165, 1.54) is 13.3 Å². The van der Waals surface area contributed by atoms with Gasteiger partial charge in [-0.05, 0) is 0 Å². The largest absolute Gasteiger partial charge is 0.468 e. The summed E-state index contributed by atoms with van der Waals surface area (Å²) in [4.78, 5) is 24.7. The SMILES string of the molecule is COC(=O)C1C=NC(=O)NC1. The number of amides is 2. The van der Waals surface area contributed by atoms with E-state index in [1.54, 1.807) is 0 Å². The van der Waals surface area contributed by atoms with E-state index in [0.29, 0.717) is 0 Å². The Hall–Kier alpha value is -1.39. The van der Waals surface area contributed by atoms with Crippen molar-refractivity contribution in [2.75, 3.05) is 13.7 Å². The van der Waals surface area contributed by atoms with Gasteiger partial charge in [0.05, 0.1) is 7.11 Å². The maximum absolute atomic E-state index is 10.8. The third kappa shape index (κ3) is 1.76. The van der Waals surface area contributed by atoms with Crippen LogP contribution in [0.4, 0.5) is 4.79 Å². The van der Waals surface area contributed by atoms with Crippen LogP contribution in [0.2, 0.25) is 0 Å². The van der Waals surface area contributed by atoms with E-state index in [-0.39, 0.29) is 12.5 Å². The predicted octanol–water partition coefficient (Wildman–Crippen LogP) is -0.430. The summed E-state index contributed by atoms with van der Waals surface area (Å²) >= 11 is 0. The second-order valence-electron chi connectivity index (χ2n) is 2.09. The van der Waals surface area contributed by atoms with Crippen LogP contribution in [0.15, 0.2) is 4.99 Å². The lowest BCUT2D eigenvalue weighted by molar-refractivity contribution is -0.142. The van der Waals surface area contributed by atoms with Crippen LogP contribution in [-0.4, -0.2) is 31.9 Å². The highest BCUT2D eigenvalue weighted by Crippen LogP contribution is 1.98. The molecule has 5 heteroatoms. The average Bonchev–Trinajstić information content (AvgIpc) is 2.05. The van der Waals surface area contributed by atoms with Crippen LogP contribution in [0.5, 0.6) is 0 Å². The van der Waals surface area contributed by atoms with E-state index >= 15 is 0 Å². The van der Waals surface area contributed by atoms with Gasteiger partial charge >= 0.3 is 12.0 Å². The van der Waals surface area contributed by atoms with Gasteiger partial charge in [0.2, 0.25) is 0 Å². The number of rotatable bonds is 1. The molecule has 0 aliphatic carbocycles. The fraction of sp³-hybridized carbons (Fsp3) is 0.500. The number of nitrogens with zero attached hydrogens (tertiary/aromatic N) is 1. The zero-order valence-corrected chi connectivity index (χ0v) is 6.03. The molecule has 1 rings (SSSR count). The average molecular weight is 156 g/mol. The highest BCUT2D eigenvalue weighted by Gasteiger charge is 2.20. The van der Waals surface area contributed by atoms with Gasteiger partial charge in [-0.3, -0.25) is 4.79 Å². The van der Waals surface area contributed by atoms with Gasteiger partial charge in [0.15, 0.2) is 0 Å². The third-order valence-electron chi connectivity index (χ3n) is 1.35. The monoisotopic (exact) mass is 156 g/mol. The van der Waals surface area contributed by atoms with Crippen LogP contribution in [0, 0.1) is 5.92 Å².